The van der Waals surface area contributed by atoms with Gasteiger partial charge in [-0.1, -0.05) is 54.5 Å². The maximum Gasteiger partial charge on any atom is 0.465 e. The van der Waals surface area contributed by atoms with E-state index in [1.165, 1.54) is 6.42 Å². The summed E-state index contributed by atoms with van der Waals surface area (Å²) in [5.41, 5.74) is 0. The topological polar surface area (TPSA) is 80.7 Å². The zero-order valence-corrected chi connectivity index (χ0v) is 14.1. The van der Waals surface area contributed by atoms with Crippen LogP contribution in [0.15, 0.2) is 0 Å². The van der Waals surface area contributed by atoms with E-state index in [0.717, 1.165) is 37.4 Å². The molecule has 0 amide bonds. The predicted octanol–water partition coefficient (Wildman–Crippen LogP) is 3.53. The number of carbonyl (C=O) groups is 1. The van der Waals surface area contributed by atoms with Gasteiger partial charge in [0.05, 0.1) is 6.61 Å². The standard InChI is InChI=1S/C12H21BrF2O5S/c13-9-7-5-3-1-2-4-6-8-10-20-11(16)12(14,15)21(17,18)19/h1-10H2,(H,17,18,19). The molecule has 126 valence electrons. The minimum absolute atomic E-state index is 0.284. The number of alkyl halides is 3. The highest BCUT2D eigenvalue weighted by molar-refractivity contribution is 9.09. The van der Waals surface area contributed by atoms with Crippen molar-refractivity contribution in [1.82, 2.24) is 0 Å². The molecule has 0 aliphatic carbocycles. The van der Waals surface area contributed by atoms with E-state index in [2.05, 4.69) is 20.7 Å². The van der Waals surface area contributed by atoms with Crippen LogP contribution >= 0.6 is 15.9 Å². The van der Waals surface area contributed by atoms with Crippen molar-refractivity contribution in [2.45, 2.75) is 56.6 Å². The Labute approximate surface area is 132 Å². The first-order valence-corrected chi connectivity index (χ1v) is 9.37. The fourth-order valence-electron chi connectivity index (χ4n) is 1.61. The molecule has 0 bridgehead atoms. The second-order valence-corrected chi connectivity index (χ2v) is 6.90. The highest BCUT2D eigenvalue weighted by Crippen LogP contribution is 2.22. The molecule has 1 N–H and O–H groups in total. The van der Waals surface area contributed by atoms with Gasteiger partial charge in [-0.25, -0.2) is 4.79 Å². The van der Waals surface area contributed by atoms with Crippen LogP contribution in [0, 0.1) is 0 Å². The molecule has 0 rings (SSSR count). The molecule has 0 radical (unpaired) electrons. The van der Waals surface area contributed by atoms with Crippen molar-refractivity contribution in [3.05, 3.63) is 0 Å². The summed E-state index contributed by atoms with van der Waals surface area (Å²) in [6.07, 6.45) is 7.61. The van der Waals surface area contributed by atoms with E-state index in [1.54, 1.807) is 0 Å². The van der Waals surface area contributed by atoms with Gasteiger partial charge in [-0.3, -0.25) is 4.55 Å². The van der Waals surface area contributed by atoms with Gasteiger partial charge in [0.15, 0.2) is 0 Å². The lowest BCUT2D eigenvalue weighted by Crippen LogP contribution is -2.39. The SMILES string of the molecule is O=C(OCCCCCCCCCCBr)C(F)(F)S(=O)(=O)O. The summed E-state index contributed by atoms with van der Waals surface area (Å²) in [6.45, 7) is -0.284. The van der Waals surface area contributed by atoms with E-state index in [9.17, 15) is 22.0 Å². The van der Waals surface area contributed by atoms with Crippen LogP contribution in [0.3, 0.4) is 0 Å². The zero-order valence-electron chi connectivity index (χ0n) is 11.7. The summed E-state index contributed by atoms with van der Waals surface area (Å²) < 4.78 is 58.5. The normalized spacial score (nSPS) is 12.4. The molecular formula is C12H21BrF2O5S. The van der Waals surface area contributed by atoms with Gasteiger partial charge in [0.2, 0.25) is 0 Å². The number of carbonyl (C=O) groups excluding carboxylic acids is 1. The smallest absolute Gasteiger partial charge is 0.460 e. The van der Waals surface area contributed by atoms with Gasteiger partial charge in [-0.05, 0) is 12.8 Å². The van der Waals surface area contributed by atoms with Crippen molar-refractivity contribution < 1.29 is 31.3 Å². The summed E-state index contributed by atoms with van der Waals surface area (Å²) in [4.78, 5) is 10.8. The lowest BCUT2D eigenvalue weighted by molar-refractivity contribution is -0.161. The van der Waals surface area contributed by atoms with Crippen LogP contribution in [0.5, 0.6) is 0 Å². The predicted molar refractivity (Wildman–Crippen MR) is 78.2 cm³/mol. The van der Waals surface area contributed by atoms with Gasteiger partial charge in [0.25, 0.3) is 0 Å². The molecule has 0 aliphatic rings. The average Bonchev–Trinajstić information content (AvgIpc) is 2.39. The van der Waals surface area contributed by atoms with Crippen LogP contribution in [0.2, 0.25) is 0 Å². The summed E-state index contributed by atoms with van der Waals surface area (Å²) >= 11 is 3.35. The number of hydrogen-bond acceptors (Lipinski definition) is 4. The quantitative estimate of drug-likeness (QED) is 0.237. The molecule has 0 heterocycles. The molecule has 0 aromatic heterocycles. The molecule has 9 heteroatoms. The molecule has 0 unspecified atom stereocenters. The largest absolute Gasteiger partial charge is 0.465 e. The third-order valence-electron chi connectivity index (χ3n) is 2.82. The van der Waals surface area contributed by atoms with Gasteiger partial charge in [0.1, 0.15) is 0 Å². The highest BCUT2D eigenvalue weighted by atomic mass is 79.9. The molecular weight excluding hydrogens is 374 g/mol. The summed E-state index contributed by atoms with van der Waals surface area (Å²) in [6, 6.07) is 0. The van der Waals surface area contributed by atoms with Crippen LogP contribution < -0.4 is 0 Å². The highest BCUT2D eigenvalue weighted by Gasteiger charge is 2.54. The number of halogens is 3. The van der Waals surface area contributed by atoms with Crippen LogP contribution in [-0.4, -0.2) is 36.1 Å². The van der Waals surface area contributed by atoms with E-state index in [0.29, 0.717) is 12.8 Å². The number of ether oxygens (including phenoxy) is 1. The fourth-order valence-corrected chi connectivity index (χ4v) is 2.28. The molecule has 0 atom stereocenters. The first-order chi connectivity index (χ1) is 9.73. The summed E-state index contributed by atoms with van der Waals surface area (Å²) in [7, 11) is -5.78. The van der Waals surface area contributed by atoms with E-state index in [1.807, 2.05) is 0 Å². The van der Waals surface area contributed by atoms with Crippen LogP contribution in [-0.2, 0) is 19.6 Å². The Kier molecular flexibility index (Phi) is 10.3. The maximum atomic E-state index is 12.8. The molecule has 0 aliphatic heterocycles. The Balaban J connectivity index is 3.62. The second kappa shape index (κ2) is 10.4. The first-order valence-electron chi connectivity index (χ1n) is 6.81. The van der Waals surface area contributed by atoms with Gasteiger partial charge in [-0.15, -0.1) is 0 Å². The van der Waals surface area contributed by atoms with E-state index in [-0.39, 0.29) is 6.61 Å². The van der Waals surface area contributed by atoms with Crippen LogP contribution in [0.25, 0.3) is 0 Å². The summed E-state index contributed by atoms with van der Waals surface area (Å²) in [5.74, 6) is -2.24. The maximum absolute atomic E-state index is 12.8. The number of hydrogen-bond donors (Lipinski definition) is 1. The molecule has 0 saturated heterocycles. The average molecular weight is 395 g/mol. The van der Waals surface area contributed by atoms with Gasteiger partial charge >= 0.3 is 21.3 Å². The minimum atomic E-state index is -5.78. The van der Waals surface area contributed by atoms with Crippen molar-refractivity contribution in [2.24, 2.45) is 0 Å². The van der Waals surface area contributed by atoms with Crippen molar-refractivity contribution in [2.75, 3.05) is 11.9 Å². The molecule has 0 saturated carbocycles. The van der Waals surface area contributed by atoms with Gasteiger partial charge in [-0.2, -0.15) is 17.2 Å². The van der Waals surface area contributed by atoms with Crippen molar-refractivity contribution in [3.63, 3.8) is 0 Å². The third-order valence-corrected chi connectivity index (χ3v) is 4.20. The van der Waals surface area contributed by atoms with E-state index in [4.69, 9.17) is 4.55 Å². The molecule has 21 heavy (non-hydrogen) atoms. The monoisotopic (exact) mass is 394 g/mol. The summed E-state index contributed by atoms with van der Waals surface area (Å²) in [5, 5.41) is -3.89. The Bertz CT molecular complexity index is 400. The van der Waals surface area contributed by atoms with Crippen molar-refractivity contribution in [1.29, 1.82) is 0 Å². The third kappa shape index (κ3) is 8.67. The van der Waals surface area contributed by atoms with Gasteiger partial charge < -0.3 is 4.74 Å². The molecule has 0 aromatic carbocycles. The van der Waals surface area contributed by atoms with Crippen LogP contribution in [0.1, 0.15) is 51.4 Å². The van der Waals surface area contributed by atoms with E-state index < -0.39 is 21.3 Å². The Morgan fingerprint density at radius 1 is 1.00 bits per heavy atom. The second-order valence-electron chi connectivity index (χ2n) is 4.65. The molecule has 0 aromatic rings. The Hall–Kier alpha value is -0.280. The minimum Gasteiger partial charge on any atom is -0.460 e. The number of rotatable bonds is 12. The Morgan fingerprint density at radius 3 is 1.86 bits per heavy atom. The molecule has 0 fully saturated rings. The Morgan fingerprint density at radius 2 is 1.43 bits per heavy atom. The van der Waals surface area contributed by atoms with Crippen molar-refractivity contribution >= 4 is 32.0 Å². The molecule has 5 nitrogen and oxygen atoms in total. The number of unbranched alkanes of at least 4 members (excludes halogenated alkanes) is 7. The zero-order chi connectivity index (χ0) is 16.4. The van der Waals surface area contributed by atoms with Gasteiger partial charge in [0, 0.05) is 5.33 Å². The van der Waals surface area contributed by atoms with Crippen LogP contribution in [0.4, 0.5) is 8.78 Å². The van der Waals surface area contributed by atoms with Crippen molar-refractivity contribution in [3.8, 4) is 0 Å². The number of esters is 1. The molecule has 0 spiro atoms. The first kappa shape index (κ1) is 20.7. The lowest BCUT2D eigenvalue weighted by atomic mass is 10.1. The fraction of sp³-hybridized carbons (Fsp3) is 0.917. The van der Waals surface area contributed by atoms with E-state index >= 15 is 0 Å². The lowest BCUT2D eigenvalue weighted by Gasteiger charge is -2.11.